The van der Waals surface area contributed by atoms with E-state index in [2.05, 4.69) is 18.8 Å². The van der Waals surface area contributed by atoms with E-state index in [1.807, 2.05) is 67.6 Å². The molecule has 22 heteroatoms. The van der Waals surface area contributed by atoms with Crippen LogP contribution in [0, 0.1) is 24.0 Å². The predicted molar refractivity (Wildman–Crippen MR) is 384 cm³/mol. The summed E-state index contributed by atoms with van der Waals surface area (Å²) in [5.74, 6) is -8.15. The Kier molecular flexibility index (Phi) is 29.4. The van der Waals surface area contributed by atoms with Crippen molar-refractivity contribution < 1.29 is 88.3 Å². The van der Waals surface area contributed by atoms with Gasteiger partial charge in [0.25, 0.3) is 5.69 Å². The highest BCUT2D eigenvalue weighted by molar-refractivity contribution is 6.31. The van der Waals surface area contributed by atoms with Crippen molar-refractivity contribution in [1.82, 2.24) is 4.98 Å². The number of aromatic nitrogens is 1. The van der Waals surface area contributed by atoms with Crippen LogP contribution >= 0.6 is 11.6 Å². The van der Waals surface area contributed by atoms with Gasteiger partial charge in [0.1, 0.15) is 6.20 Å². The van der Waals surface area contributed by atoms with Gasteiger partial charge < -0.3 is 30.6 Å². The van der Waals surface area contributed by atoms with Crippen molar-refractivity contribution in [2.75, 3.05) is 0 Å². The molecule has 103 heavy (non-hydrogen) atoms. The summed E-state index contributed by atoms with van der Waals surface area (Å²) in [6.07, 6.45) is 3.25. The fourth-order valence-corrected chi connectivity index (χ4v) is 10.3. The number of aromatic carboxylic acids is 6. The first-order valence-corrected chi connectivity index (χ1v) is 32.1. The number of Topliss-reactive ketones (excluding diaryl/α,β-unsaturated/α-hetero) is 5. The average molecular weight is 1410 g/mol. The smallest absolute Gasteiger partial charge is 0.336 e. The van der Waals surface area contributed by atoms with Crippen LogP contribution in [0.1, 0.15) is 178 Å². The molecule has 0 aliphatic heterocycles. The molecule has 0 amide bonds. The molecule has 0 unspecified atom stereocenters. The lowest BCUT2D eigenvalue weighted by molar-refractivity contribution is -0.385. The second-order valence-corrected chi connectivity index (χ2v) is 23.3. The molecular formula is C81H69ClN2O19. The molecule has 9 aromatic carbocycles. The van der Waals surface area contributed by atoms with Gasteiger partial charge in [-0.15, -0.1) is 0 Å². The fraction of sp³-hybridized carbons (Fsp3) is 0.136. The molecule has 0 fully saturated rings. The first kappa shape index (κ1) is 79.0. The van der Waals surface area contributed by atoms with Crippen molar-refractivity contribution in [1.29, 1.82) is 0 Å². The molecule has 0 spiro atoms. The lowest BCUT2D eigenvalue weighted by Gasteiger charge is -2.08. The van der Waals surface area contributed by atoms with Crippen LogP contribution < -0.4 is 0 Å². The Bertz CT molecular complexity index is 4700. The van der Waals surface area contributed by atoms with Crippen LogP contribution in [-0.2, 0) is 44.9 Å². The van der Waals surface area contributed by atoms with E-state index >= 15 is 0 Å². The van der Waals surface area contributed by atoms with Crippen LogP contribution in [0.2, 0.25) is 5.02 Å². The summed E-state index contributed by atoms with van der Waals surface area (Å²) in [6.45, 7) is 7.79. The summed E-state index contributed by atoms with van der Waals surface area (Å²) >= 11 is 6.02. The van der Waals surface area contributed by atoms with Crippen LogP contribution in [0.4, 0.5) is 5.69 Å². The van der Waals surface area contributed by atoms with Crippen LogP contribution in [0.15, 0.2) is 225 Å². The Morgan fingerprint density at radius 1 is 0.350 bits per heavy atom. The minimum absolute atomic E-state index is 0.0238. The molecule has 0 bridgehead atoms. The van der Waals surface area contributed by atoms with Crippen molar-refractivity contribution in [3.63, 3.8) is 0 Å². The van der Waals surface area contributed by atoms with Gasteiger partial charge in [-0.2, -0.15) is 0 Å². The maximum Gasteiger partial charge on any atom is 0.336 e. The second kappa shape index (κ2) is 38.4. The van der Waals surface area contributed by atoms with E-state index in [0.717, 1.165) is 46.9 Å². The van der Waals surface area contributed by atoms with Gasteiger partial charge in [0.05, 0.1) is 44.7 Å². The lowest BCUT2D eigenvalue weighted by Crippen LogP contribution is -2.13. The van der Waals surface area contributed by atoms with E-state index in [1.54, 1.807) is 85.8 Å². The number of hydrogen-bond donors (Lipinski definition) is 6. The van der Waals surface area contributed by atoms with Gasteiger partial charge in [-0.1, -0.05) is 195 Å². The number of carboxylic acid groups (broad SMARTS) is 6. The highest BCUT2D eigenvalue weighted by atomic mass is 35.5. The van der Waals surface area contributed by atoms with Crippen molar-refractivity contribution in [2.45, 2.75) is 72.6 Å². The van der Waals surface area contributed by atoms with Crippen LogP contribution in [0.5, 0.6) is 0 Å². The molecule has 0 saturated carbocycles. The Balaban J connectivity index is 0.000000202. The molecule has 6 N–H and O–H groups in total. The molecule has 0 aliphatic carbocycles. The maximum absolute atomic E-state index is 12.3. The molecule has 10 rings (SSSR count). The molecule has 524 valence electrons. The topological polar surface area (TPSA) is 365 Å². The van der Waals surface area contributed by atoms with Crippen molar-refractivity contribution >= 4 is 82.0 Å². The van der Waals surface area contributed by atoms with Crippen molar-refractivity contribution in [3.8, 4) is 0 Å². The zero-order valence-corrected chi connectivity index (χ0v) is 56.8. The molecular weight excluding hydrogens is 1340 g/mol. The summed E-state index contributed by atoms with van der Waals surface area (Å²) in [7, 11) is 0. The van der Waals surface area contributed by atoms with Gasteiger partial charge in [0.2, 0.25) is 0 Å². The average Bonchev–Trinajstić information content (AvgIpc) is 0.858. The van der Waals surface area contributed by atoms with Crippen molar-refractivity contribution in [2.24, 2.45) is 0 Å². The number of halogens is 1. The second-order valence-electron chi connectivity index (χ2n) is 22.9. The normalized spacial score (nSPS) is 10.2. The molecule has 0 radical (unpaired) electrons. The first-order valence-electron chi connectivity index (χ1n) is 31.7. The van der Waals surface area contributed by atoms with E-state index in [4.69, 9.17) is 37.1 Å². The number of rotatable bonds is 24. The van der Waals surface area contributed by atoms with E-state index in [0.29, 0.717) is 16.3 Å². The highest BCUT2D eigenvalue weighted by Crippen LogP contribution is 2.23. The number of carbonyl (C=O) groups is 11. The molecule has 0 aliphatic rings. The number of nitrogens with zero attached hydrogens (tertiary/aromatic N) is 2. The van der Waals surface area contributed by atoms with Gasteiger partial charge in [-0.25, -0.2) is 28.8 Å². The number of ketones is 5. The van der Waals surface area contributed by atoms with Gasteiger partial charge in [-0.05, 0) is 114 Å². The monoisotopic (exact) mass is 1410 g/mol. The van der Waals surface area contributed by atoms with Crippen LogP contribution in [-0.4, -0.2) is 105 Å². The van der Waals surface area contributed by atoms with Crippen LogP contribution in [0.3, 0.4) is 0 Å². The van der Waals surface area contributed by atoms with Gasteiger partial charge in [0, 0.05) is 70.3 Å². The summed E-state index contributed by atoms with van der Waals surface area (Å²) in [4.78, 5) is 142. The Morgan fingerprint density at radius 3 is 0.951 bits per heavy atom. The zero-order chi connectivity index (χ0) is 75.4. The maximum atomic E-state index is 12.3. The molecule has 1 heterocycles. The number of nitro groups is 1. The third kappa shape index (κ3) is 23.3. The van der Waals surface area contributed by atoms with Gasteiger partial charge in [-0.3, -0.25) is 39.1 Å². The Hall–Kier alpha value is -13.0. The molecule has 0 atom stereocenters. The summed E-state index contributed by atoms with van der Waals surface area (Å²) in [5, 5.41) is 65.7. The SMILES string of the molecule is CCc1ccc(CC(=O)c2ccccc2C(=O)O)cc1.CCc1ccc(CC(=O)c2ccccc2C(=O)O)cc1.Cc1ccc(CC(=O)c2ccccc2C(=O)O)c(C(=O)O)c1.Cc1ccc(CC(=O)c2ccccc2C(=O)O)cc1Cl.O=C(O)c1ccccc1C(=O)Cc1ccc([N+](=O)[O-])cn1. The number of pyridine rings is 1. The fourth-order valence-electron chi connectivity index (χ4n) is 10.1. The third-order valence-corrected chi connectivity index (χ3v) is 16.1. The number of benzene rings is 9. The first-order chi connectivity index (χ1) is 49.1. The van der Waals surface area contributed by atoms with E-state index in [-0.39, 0.29) is 116 Å². The molecule has 0 saturated heterocycles. The van der Waals surface area contributed by atoms with E-state index in [9.17, 15) is 68.0 Å². The standard InChI is InChI=1S/C17H14O5.2C17H16O3.C16H13ClO3.C14H10N2O5/c1-10-6-7-11(14(8-10)17(21)22)9-15(18)12-4-2-3-5-13(12)16(19)20;2*1-2-12-7-9-13(10-8-12)11-16(18)14-5-3-4-6-15(14)17(19)20;1-10-6-7-11(8-14(10)17)9-15(18)12-4-2-3-5-13(12)16(19)20;17-13(11-3-1-2-4-12(11)14(18)19)7-9-5-6-10(8-15-9)16(20)21/h2-8H,9H2,1H3,(H,19,20)(H,21,22);2*3-10H,2,11H2,1H3,(H,19,20);2-8H,9H2,1H3,(H,19,20);1-6,8H,7H2,(H,18,19). The largest absolute Gasteiger partial charge is 0.478 e. The number of carbonyl (C=O) groups excluding carboxylic acids is 5. The number of aryl methyl sites for hydroxylation is 4. The van der Waals surface area contributed by atoms with E-state index in [1.165, 1.54) is 90.0 Å². The third-order valence-electron chi connectivity index (χ3n) is 15.7. The number of carboxylic acids is 6. The predicted octanol–water partition coefficient (Wildman–Crippen LogP) is 15.4. The summed E-state index contributed by atoms with van der Waals surface area (Å²) in [5.41, 5.74) is 8.18. The minimum Gasteiger partial charge on any atom is -0.478 e. The minimum atomic E-state index is -1.19. The summed E-state index contributed by atoms with van der Waals surface area (Å²) in [6, 6.07) is 59.1. The zero-order valence-electron chi connectivity index (χ0n) is 56.1. The highest BCUT2D eigenvalue weighted by Gasteiger charge is 2.23. The molecule has 10 aromatic rings. The molecule has 21 nitrogen and oxygen atoms in total. The van der Waals surface area contributed by atoms with Gasteiger partial charge in [0.15, 0.2) is 28.9 Å². The Morgan fingerprint density at radius 2 is 0.650 bits per heavy atom. The van der Waals surface area contributed by atoms with Gasteiger partial charge >= 0.3 is 35.8 Å². The van der Waals surface area contributed by atoms with E-state index < -0.39 is 52.3 Å². The molecule has 1 aromatic heterocycles. The van der Waals surface area contributed by atoms with Crippen LogP contribution in [0.25, 0.3) is 0 Å². The number of hydrogen-bond acceptors (Lipinski definition) is 14. The Labute approximate surface area is 596 Å². The summed E-state index contributed by atoms with van der Waals surface area (Å²) < 4.78 is 0. The van der Waals surface area contributed by atoms with Crippen molar-refractivity contribution in [3.05, 3.63) is 351 Å². The lowest BCUT2D eigenvalue weighted by atomic mass is 9.95. The quantitative estimate of drug-likeness (QED) is 0.0186.